The van der Waals surface area contributed by atoms with Crippen molar-refractivity contribution in [3.8, 4) is 5.75 Å². The maximum absolute atomic E-state index is 12.3. The van der Waals surface area contributed by atoms with Crippen LogP contribution in [0.1, 0.15) is 17.3 Å². The van der Waals surface area contributed by atoms with Crippen molar-refractivity contribution in [3.63, 3.8) is 0 Å². The second kappa shape index (κ2) is 6.09. The number of hydrogen-bond acceptors (Lipinski definition) is 6. The summed E-state index contributed by atoms with van der Waals surface area (Å²) in [6.45, 7) is 1.73. The van der Waals surface area contributed by atoms with Gasteiger partial charge in [-0.2, -0.15) is 0 Å². The molecule has 0 amide bonds. The number of rotatable bonds is 4. The number of thioether (sulfide) groups is 1. The Morgan fingerprint density at radius 2 is 2.15 bits per heavy atom. The van der Waals surface area contributed by atoms with E-state index in [0.29, 0.717) is 11.3 Å². The second-order valence-corrected chi connectivity index (χ2v) is 5.24. The number of hydrogen-bond donors (Lipinski definition) is 0. The maximum Gasteiger partial charge on any atom is 0.375 e. The third-order valence-corrected chi connectivity index (χ3v) is 4.12. The Balaban J connectivity index is 2.23. The highest BCUT2D eigenvalue weighted by Gasteiger charge is 2.37. The smallest absolute Gasteiger partial charge is 0.375 e. The van der Waals surface area contributed by atoms with Gasteiger partial charge in [0, 0.05) is 16.2 Å². The Labute approximate surface area is 120 Å². The van der Waals surface area contributed by atoms with Gasteiger partial charge in [-0.05, 0) is 25.1 Å². The van der Waals surface area contributed by atoms with Gasteiger partial charge in [-0.1, -0.05) is 0 Å². The molecule has 20 heavy (non-hydrogen) atoms. The minimum atomic E-state index is -0.958. The molecule has 1 aliphatic heterocycles. The van der Waals surface area contributed by atoms with Crippen molar-refractivity contribution >= 4 is 29.3 Å². The van der Waals surface area contributed by atoms with Gasteiger partial charge in [0.2, 0.25) is 0 Å². The number of fused-ring (bicyclic) bond motifs is 1. The molecule has 5 nitrogen and oxygen atoms in total. The van der Waals surface area contributed by atoms with Crippen molar-refractivity contribution in [2.75, 3.05) is 19.5 Å². The standard InChI is InChI=1S/C14H14O5S/c1-3-19-14(17)13(16)10-7-20-11-6-8(18-2)4-5-9(11)12(10)15/h4-6,10H,3,7H2,1-2H3. The van der Waals surface area contributed by atoms with E-state index in [1.54, 1.807) is 32.2 Å². The molecule has 1 aromatic carbocycles. The molecule has 1 aliphatic rings. The molecule has 6 heteroatoms. The summed E-state index contributed by atoms with van der Waals surface area (Å²) in [6.07, 6.45) is 0. The largest absolute Gasteiger partial charge is 0.497 e. The van der Waals surface area contributed by atoms with Gasteiger partial charge in [0.25, 0.3) is 5.78 Å². The number of Topliss-reactive ketones (excluding diaryl/α,β-unsaturated/α-hetero) is 2. The number of carbonyl (C=O) groups is 3. The first-order valence-electron chi connectivity index (χ1n) is 6.14. The second-order valence-electron chi connectivity index (χ2n) is 4.17. The van der Waals surface area contributed by atoms with E-state index in [2.05, 4.69) is 4.74 Å². The summed E-state index contributed by atoms with van der Waals surface area (Å²) >= 11 is 1.36. The Hall–Kier alpha value is -1.82. The summed E-state index contributed by atoms with van der Waals surface area (Å²) in [5.74, 6) is -2.11. The molecule has 1 unspecified atom stereocenters. The van der Waals surface area contributed by atoms with Gasteiger partial charge in [-0.25, -0.2) is 4.79 Å². The third-order valence-electron chi connectivity index (χ3n) is 2.97. The van der Waals surface area contributed by atoms with E-state index in [0.717, 1.165) is 4.90 Å². The van der Waals surface area contributed by atoms with Crippen molar-refractivity contribution in [2.24, 2.45) is 5.92 Å². The van der Waals surface area contributed by atoms with E-state index in [1.165, 1.54) is 11.8 Å². The van der Waals surface area contributed by atoms with E-state index in [1.807, 2.05) is 0 Å². The van der Waals surface area contributed by atoms with Gasteiger partial charge in [0.1, 0.15) is 11.7 Å². The lowest BCUT2D eigenvalue weighted by Crippen LogP contribution is -2.35. The van der Waals surface area contributed by atoms with Crippen LogP contribution in [0, 0.1) is 5.92 Å². The first kappa shape index (κ1) is 14.6. The van der Waals surface area contributed by atoms with Crippen molar-refractivity contribution in [1.82, 2.24) is 0 Å². The van der Waals surface area contributed by atoms with Crippen molar-refractivity contribution < 1.29 is 23.9 Å². The lowest BCUT2D eigenvalue weighted by molar-refractivity contribution is -0.154. The number of carbonyl (C=O) groups excluding carboxylic acids is 3. The summed E-state index contributed by atoms with van der Waals surface area (Å²) in [5, 5.41) is 0. The normalized spacial score (nSPS) is 17.3. The minimum Gasteiger partial charge on any atom is -0.497 e. The van der Waals surface area contributed by atoms with Crippen molar-refractivity contribution in [1.29, 1.82) is 0 Å². The maximum atomic E-state index is 12.3. The van der Waals surface area contributed by atoms with Gasteiger partial charge < -0.3 is 9.47 Å². The molecule has 1 aromatic rings. The predicted octanol–water partition coefficient (Wildman–Crippen LogP) is 1.73. The molecule has 0 saturated heterocycles. The molecule has 0 aliphatic carbocycles. The van der Waals surface area contributed by atoms with Gasteiger partial charge >= 0.3 is 5.97 Å². The number of esters is 1. The van der Waals surface area contributed by atoms with E-state index in [4.69, 9.17) is 4.74 Å². The summed E-state index contributed by atoms with van der Waals surface area (Å²) < 4.78 is 9.75. The van der Waals surface area contributed by atoms with Crippen LogP contribution < -0.4 is 4.74 Å². The van der Waals surface area contributed by atoms with E-state index >= 15 is 0 Å². The van der Waals surface area contributed by atoms with E-state index in [-0.39, 0.29) is 18.1 Å². The molecule has 0 fully saturated rings. The lowest BCUT2D eigenvalue weighted by atomic mass is 9.94. The van der Waals surface area contributed by atoms with Crippen molar-refractivity contribution in [2.45, 2.75) is 11.8 Å². The molecule has 2 rings (SSSR count). The fourth-order valence-electron chi connectivity index (χ4n) is 1.93. The van der Waals surface area contributed by atoms with Crippen LogP contribution in [0.4, 0.5) is 0 Å². The zero-order chi connectivity index (χ0) is 14.7. The van der Waals surface area contributed by atoms with Gasteiger partial charge in [0.05, 0.1) is 13.7 Å². The highest BCUT2D eigenvalue weighted by atomic mass is 32.2. The van der Waals surface area contributed by atoms with E-state index in [9.17, 15) is 14.4 Å². The van der Waals surface area contributed by atoms with Crippen LogP contribution >= 0.6 is 11.8 Å². The van der Waals surface area contributed by atoms with Gasteiger partial charge in [-0.15, -0.1) is 11.8 Å². The monoisotopic (exact) mass is 294 g/mol. The van der Waals surface area contributed by atoms with E-state index < -0.39 is 17.7 Å². The van der Waals surface area contributed by atoms with Gasteiger partial charge in [0.15, 0.2) is 5.78 Å². The first-order valence-corrected chi connectivity index (χ1v) is 7.13. The summed E-state index contributed by atoms with van der Waals surface area (Å²) in [5.41, 5.74) is 0.449. The van der Waals surface area contributed by atoms with Crippen LogP contribution in [0.5, 0.6) is 5.75 Å². The number of ketones is 2. The third kappa shape index (κ3) is 2.70. The molecule has 1 heterocycles. The zero-order valence-electron chi connectivity index (χ0n) is 11.2. The fourth-order valence-corrected chi connectivity index (χ4v) is 3.10. The van der Waals surface area contributed by atoms with Crippen LogP contribution in [0.3, 0.4) is 0 Å². The summed E-state index contributed by atoms with van der Waals surface area (Å²) in [7, 11) is 1.55. The first-order chi connectivity index (χ1) is 9.58. The Bertz CT molecular complexity index is 567. The van der Waals surface area contributed by atoms with Crippen LogP contribution in [0.15, 0.2) is 23.1 Å². The topological polar surface area (TPSA) is 69.7 Å². The van der Waals surface area contributed by atoms with Crippen LogP contribution in [0.25, 0.3) is 0 Å². The molecule has 1 atom stereocenters. The average Bonchev–Trinajstić information content (AvgIpc) is 2.46. The number of ether oxygens (including phenoxy) is 2. The minimum absolute atomic E-state index is 0.117. The zero-order valence-corrected chi connectivity index (χ0v) is 12.0. The summed E-state index contributed by atoms with van der Waals surface area (Å²) in [4.78, 5) is 36.4. The number of benzene rings is 1. The summed E-state index contributed by atoms with van der Waals surface area (Å²) in [6, 6.07) is 5.03. The lowest BCUT2D eigenvalue weighted by Gasteiger charge is -2.21. The molecular formula is C14H14O5S. The Kier molecular flexibility index (Phi) is 4.44. The molecule has 0 N–H and O–H groups in total. The predicted molar refractivity (Wildman–Crippen MR) is 73.2 cm³/mol. The highest BCUT2D eigenvalue weighted by molar-refractivity contribution is 7.99. The SMILES string of the molecule is CCOC(=O)C(=O)C1CSc2cc(OC)ccc2C1=O. The Morgan fingerprint density at radius 1 is 1.40 bits per heavy atom. The average molecular weight is 294 g/mol. The van der Waals surface area contributed by atoms with Crippen molar-refractivity contribution in [3.05, 3.63) is 23.8 Å². The van der Waals surface area contributed by atoms with Crippen LogP contribution in [0.2, 0.25) is 0 Å². The Morgan fingerprint density at radius 3 is 2.80 bits per heavy atom. The van der Waals surface area contributed by atoms with Crippen LogP contribution in [-0.2, 0) is 14.3 Å². The molecular weight excluding hydrogens is 280 g/mol. The quantitative estimate of drug-likeness (QED) is 0.478. The highest BCUT2D eigenvalue weighted by Crippen LogP contribution is 2.35. The molecule has 0 radical (unpaired) electrons. The molecule has 0 spiro atoms. The molecule has 0 aromatic heterocycles. The number of methoxy groups -OCH3 is 1. The fraction of sp³-hybridized carbons (Fsp3) is 0.357. The molecule has 106 valence electrons. The van der Waals surface area contributed by atoms with Gasteiger partial charge in [-0.3, -0.25) is 9.59 Å². The molecule has 0 bridgehead atoms. The van der Waals surface area contributed by atoms with Crippen LogP contribution in [-0.4, -0.2) is 37.0 Å². The molecule has 0 saturated carbocycles.